The van der Waals surface area contributed by atoms with Crippen LogP contribution in [0.15, 0.2) is 36.4 Å². The van der Waals surface area contributed by atoms with Crippen LogP contribution in [0.1, 0.15) is 83.6 Å². The van der Waals surface area contributed by atoms with E-state index in [0.717, 1.165) is 87.8 Å². The highest BCUT2D eigenvalue weighted by molar-refractivity contribution is 5.87. The lowest BCUT2D eigenvalue weighted by molar-refractivity contribution is -0.944. The van der Waals surface area contributed by atoms with Crippen molar-refractivity contribution in [3.05, 3.63) is 52.1 Å². The van der Waals surface area contributed by atoms with E-state index in [4.69, 9.17) is 4.74 Å². The smallest absolute Gasteiger partial charge is 0.302 e. The van der Waals surface area contributed by atoms with Crippen molar-refractivity contribution in [3.63, 3.8) is 0 Å². The zero-order valence-corrected chi connectivity index (χ0v) is 24.8. The van der Waals surface area contributed by atoms with Gasteiger partial charge in [0.05, 0.1) is 44.3 Å². The Morgan fingerprint density at radius 2 is 1.63 bits per heavy atom. The van der Waals surface area contributed by atoms with Gasteiger partial charge in [-0.05, 0) is 50.3 Å². The number of nitro benzene ring substituents is 1. The fourth-order valence-electron chi connectivity index (χ4n) is 4.95. The van der Waals surface area contributed by atoms with Crippen molar-refractivity contribution < 1.29 is 40.7 Å². The summed E-state index contributed by atoms with van der Waals surface area (Å²) in [6, 6.07) is 6.95. The molecule has 0 radical (unpaired) electrons. The first-order valence-corrected chi connectivity index (χ1v) is 14.0. The third-order valence-corrected chi connectivity index (χ3v) is 7.23. The Morgan fingerprint density at radius 1 is 1.00 bits per heavy atom. The maximum atomic E-state index is 12.8. The van der Waals surface area contributed by atoms with Crippen LogP contribution in [0, 0.1) is 10.1 Å². The number of allylic oxidation sites excluding steroid dienone is 1. The van der Waals surface area contributed by atoms with E-state index in [1.165, 1.54) is 32.6 Å². The lowest BCUT2D eigenvalue weighted by Crippen LogP contribution is -3.00. The SMILES string of the molecule is CCCCCC[N+]1(Cc2ccc([N+](=O)[O-])cc2)CCN(C(=O)/C=C/CCCCCCCOC(C)=O)CC1.[Br-]. The minimum absolute atomic E-state index is 0. The molecule has 0 N–H and O–H groups in total. The van der Waals surface area contributed by atoms with Crippen LogP contribution >= 0.6 is 0 Å². The molecule has 38 heavy (non-hydrogen) atoms. The summed E-state index contributed by atoms with van der Waals surface area (Å²) in [5, 5.41) is 11.0. The van der Waals surface area contributed by atoms with Gasteiger partial charge in [0.15, 0.2) is 0 Å². The van der Waals surface area contributed by atoms with Gasteiger partial charge in [-0.2, -0.15) is 0 Å². The lowest BCUT2D eigenvalue weighted by Gasteiger charge is -2.45. The Kier molecular flexibility index (Phi) is 16.8. The number of quaternary nitrogens is 1. The maximum absolute atomic E-state index is 12.8. The summed E-state index contributed by atoms with van der Waals surface area (Å²) < 4.78 is 5.88. The van der Waals surface area contributed by atoms with Crippen LogP contribution in [0.3, 0.4) is 0 Å². The van der Waals surface area contributed by atoms with Crippen LogP contribution in [0.2, 0.25) is 0 Å². The number of nitro groups is 1. The molecule has 1 amide bonds. The second-order valence-corrected chi connectivity index (χ2v) is 10.3. The number of piperazine rings is 1. The second kappa shape index (κ2) is 18.9. The highest BCUT2D eigenvalue weighted by Crippen LogP contribution is 2.22. The molecule has 0 atom stereocenters. The number of nitrogens with zero attached hydrogens (tertiary/aromatic N) is 3. The first-order chi connectivity index (χ1) is 17.8. The van der Waals surface area contributed by atoms with Gasteiger partial charge in [-0.3, -0.25) is 19.7 Å². The van der Waals surface area contributed by atoms with Crippen LogP contribution in [0.25, 0.3) is 0 Å². The van der Waals surface area contributed by atoms with Crippen molar-refractivity contribution in [2.24, 2.45) is 0 Å². The van der Waals surface area contributed by atoms with Crippen LogP contribution in [-0.2, 0) is 20.9 Å². The van der Waals surface area contributed by atoms with Crippen molar-refractivity contribution in [1.29, 1.82) is 0 Å². The van der Waals surface area contributed by atoms with Gasteiger partial charge < -0.3 is 31.1 Å². The van der Waals surface area contributed by atoms with Crippen molar-refractivity contribution >= 4 is 17.6 Å². The van der Waals surface area contributed by atoms with E-state index in [0.29, 0.717) is 6.61 Å². The second-order valence-electron chi connectivity index (χ2n) is 10.3. The molecule has 2 rings (SSSR count). The van der Waals surface area contributed by atoms with Crippen molar-refractivity contribution in [1.82, 2.24) is 4.90 Å². The molecule has 0 spiro atoms. The molecular weight excluding hydrogens is 550 g/mol. The zero-order valence-electron chi connectivity index (χ0n) is 23.2. The van der Waals surface area contributed by atoms with Gasteiger partial charge in [0.25, 0.3) is 5.69 Å². The predicted octanol–water partition coefficient (Wildman–Crippen LogP) is 2.80. The molecule has 9 heteroatoms. The highest BCUT2D eigenvalue weighted by atomic mass is 79.9. The molecule has 1 aliphatic rings. The van der Waals surface area contributed by atoms with Crippen LogP contribution < -0.4 is 17.0 Å². The quantitative estimate of drug-likeness (QED) is 0.0690. The Balaban J connectivity index is 0.00000722. The number of unbranched alkanes of at least 4 members (excludes halogenated alkanes) is 8. The van der Waals surface area contributed by atoms with E-state index in [-0.39, 0.29) is 39.5 Å². The molecule has 0 saturated carbocycles. The van der Waals surface area contributed by atoms with E-state index >= 15 is 0 Å². The average molecular weight is 597 g/mol. The highest BCUT2D eigenvalue weighted by Gasteiger charge is 2.34. The molecule has 8 nitrogen and oxygen atoms in total. The molecule has 1 heterocycles. The van der Waals surface area contributed by atoms with Gasteiger partial charge in [0.2, 0.25) is 5.91 Å². The number of hydrogen-bond donors (Lipinski definition) is 0. The molecule has 1 aromatic carbocycles. The number of ether oxygens (including phenoxy) is 1. The molecule has 1 saturated heterocycles. The van der Waals surface area contributed by atoms with Crippen LogP contribution in [-0.4, -0.2) is 65.5 Å². The van der Waals surface area contributed by atoms with Gasteiger partial charge in [0.1, 0.15) is 6.54 Å². The molecular formula is C29H46BrN3O5. The van der Waals surface area contributed by atoms with Crippen molar-refractivity contribution in [2.75, 3.05) is 39.3 Å². The maximum Gasteiger partial charge on any atom is 0.302 e. The number of non-ortho nitro benzene ring substituents is 1. The molecule has 0 unspecified atom stereocenters. The fourth-order valence-corrected chi connectivity index (χ4v) is 4.95. The van der Waals surface area contributed by atoms with Gasteiger partial charge >= 0.3 is 5.97 Å². The number of hydrogen-bond acceptors (Lipinski definition) is 5. The van der Waals surface area contributed by atoms with E-state index in [1.807, 2.05) is 23.1 Å². The largest absolute Gasteiger partial charge is 1.00 e. The number of rotatable bonds is 17. The Labute approximate surface area is 238 Å². The zero-order chi connectivity index (χ0) is 26.9. The third kappa shape index (κ3) is 13.0. The number of halogens is 1. The fraction of sp³-hybridized carbons (Fsp3) is 0.655. The van der Waals surface area contributed by atoms with E-state index in [9.17, 15) is 19.7 Å². The molecule has 1 aromatic rings. The summed E-state index contributed by atoms with van der Waals surface area (Å²) >= 11 is 0. The molecule has 214 valence electrons. The van der Waals surface area contributed by atoms with Gasteiger partial charge in [-0.25, -0.2) is 0 Å². The van der Waals surface area contributed by atoms with Gasteiger partial charge in [-0.1, -0.05) is 45.1 Å². The summed E-state index contributed by atoms with van der Waals surface area (Å²) in [5.74, 6) is -0.120. The summed E-state index contributed by atoms with van der Waals surface area (Å²) in [7, 11) is 0. The van der Waals surface area contributed by atoms with Crippen LogP contribution in [0.5, 0.6) is 0 Å². The van der Waals surface area contributed by atoms with E-state index < -0.39 is 0 Å². The molecule has 0 bridgehead atoms. The Bertz CT molecular complexity index is 867. The van der Waals surface area contributed by atoms with Crippen LogP contribution in [0.4, 0.5) is 5.69 Å². The minimum atomic E-state index is -0.356. The monoisotopic (exact) mass is 595 g/mol. The third-order valence-electron chi connectivity index (χ3n) is 7.23. The summed E-state index contributed by atoms with van der Waals surface area (Å²) in [5.41, 5.74) is 1.24. The number of esters is 1. The Hall–Kier alpha value is -2.26. The predicted molar refractivity (Wildman–Crippen MR) is 146 cm³/mol. The lowest BCUT2D eigenvalue weighted by atomic mass is 10.1. The number of benzene rings is 1. The molecule has 1 fully saturated rings. The summed E-state index contributed by atoms with van der Waals surface area (Å²) in [4.78, 5) is 36.1. The molecule has 1 aliphatic heterocycles. The van der Waals surface area contributed by atoms with Gasteiger partial charge in [-0.15, -0.1) is 0 Å². The first-order valence-electron chi connectivity index (χ1n) is 14.0. The van der Waals surface area contributed by atoms with E-state index in [2.05, 4.69) is 6.92 Å². The topological polar surface area (TPSA) is 89.8 Å². The number of amides is 1. The average Bonchev–Trinajstić information content (AvgIpc) is 2.88. The number of carbonyl (C=O) groups excluding carboxylic acids is 2. The minimum Gasteiger partial charge on any atom is -1.00 e. The summed E-state index contributed by atoms with van der Waals surface area (Å²) in [6.07, 6.45) is 14.7. The standard InChI is InChI=1S/C29H46N3O5.BrH/c1-3-4-5-12-21-32(25-27-15-17-28(18-16-27)31(35)36)22-19-30(20-23-32)29(34)14-11-9-7-6-8-10-13-24-37-26(2)33;/h11,14-18H,3-10,12-13,19-25H2,1-2H3;1H/q+1;/p-1/b14-11+;. The summed E-state index contributed by atoms with van der Waals surface area (Å²) in [6.45, 7) is 9.40. The first kappa shape index (κ1) is 33.8. The normalized spacial score (nSPS) is 14.7. The van der Waals surface area contributed by atoms with Crippen molar-refractivity contribution in [2.45, 2.75) is 84.6 Å². The number of carbonyl (C=O) groups is 2. The molecule has 0 aliphatic carbocycles. The van der Waals surface area contributed by atoms with E-state index in [1.54, 1.807) is 18.2 Å². The Morgan fingerprint density at radius 3 is 2.26 bits per heavy atom. The van der Waals surface area contributed by atoms with Gasteiger partial charge in [0, 0.05) is 24.6 Å². The molecule has 0 aromatic heterocycles. The van der Waals surface area contributed by atoms with Crippen molar-refractivity contribution in [3.8, 4) is 0 Å².